The molecule has 1 heterocycles. The maximum Gasteiger partial charge on any atom is 0.249 e. The van der Waals surface area contributed by atoms with E-state index in [1.54, 1.807) is 4.90 Å². The molecule has 1 unspecified atom stereocenters. The number of nitrogens with one attached hydrogen (secondary N) is 2. The Morgan fingerprint density at radius 2 is 1.81 bits per heavy atom. The Kier molecular flexibility index (Phi) is 8.98. The number of amides is 3. The molecule has 1 aromatic carbocycles. The van der Waals surface area contributed by atoms with Crippen LogP contribution in [0.15, 0.2) is 42.5 Å². The molecule has 198 valence electrons. The summed E-state index contributed by atoms with van der Waals surface area (Å²) in [6, 6.07) is 7.80. The van der Waals surface area contributed by atoms with E-state index in [1.807, 2.05) is 65.0 Å². The Balaban J connectivity index is 1.74. The zero-order valence-corrected chi connectivity index (χ0v) is 22.5. The fourth-order valence-electron chi connectivity index (χ4n) is 5.57. The number of nitrogens with zero attached hydrogens (tertiary/aromatic N) is 1. The van der Waals surface area contributed by atoms with Gasteiger partial charge >= 0.3 is 0 Å². The maximum atomic E-state index is 13.7. The van der Waals surface area contributed by atoms with E-state index in [0.717, 1.165) is 31.2 Å². The number of carbonyl (C=O) groups is 3. The number of rotatable bonds is 9. The maximum absolute atomic E-state index is 13.7. The van der Waals surface area contributed by atoms with Crippen LogP contribution in [0.1, 0.15) is 78.3 Å². The molecule has 0 radical (unpaired) electrons. The minimum absolute atomic E-state index is 0.128. The highest BCUT2D eigenvalue weighted by atomic mass is 16.2. The van der Waals surface area contributed by atoms with Gasteiger partial charge in [0.25, 0.3) is 0 Å². The number of hydrogen-bond acceptors (Lipinski definition) is 4. The van der Waals surface area contributed by atoms with Crippen LogP contribution >= 0.6 is 0 Å². The first-order valence-corrected chi connectivity index (χ1v) is 13.4. The highest BCUT2D eigenvalue weighted by Gasteiger charge is 2.51. The lowest BCUT2D eigenvalue weighted by molar-refractivity contribution is -0.142. The van der Waals surface area contributed by atoms with Crippen LogP contribution in [-0.4, -0.2) is 47.3 Å². The van der Waals surface area contributed by atoms with Crippen LogP contribution in [0, 0.1) is 17.3 Å². The van der Waals surface area contributed by atoms with Crippen molar-refractivity contribution in [2.75, 3.05) is 6.54 Å². The molecule has 1 saturated heterocycles. The molecule has 1 saturated carbocycles. The first kappa shape index (κ1) is 27.9. The number of likely N-dealkylation sites (tertiary alicyclic amines) is 1. The van der Waals surface area contributed by atoms with Crippen LogP contribution < -0.4 is 16.4 Å². The zero-order valence-electron chi connectivity index (χ0n) is 22.5. The molecular formula is C29H44N4O3. The van der Waals surface area contributed by atoms with Crippen molar-refractivity contribution in [3.8, 4) is 0 Å². The molecular weight excluding hydrogens is 452 g/mol. The third-order valence-corrected chi connectivity index (χ3v) is 7.89. The molecule has 1 aliphatic carbocycles. The molecule has 7 nitrogen and oxygen atoms in total. The molecule has 2 fully saturated rings. The van der Waals surface area contributed by atoms with E-state index in [2.05, 4.69) is 17.2 Å². The summed E-state index contributed by atoms with van der Waals surface area (Å²) in [6.45, 7) is 14.4. The molecule has 1 aromatic rings. The Hall–Kier alpha value is -2.67. The topological polar surface area (TPSA) is 105 Å². The van der Waals surface area contributed by atoms with Crippen molar-refractivity contribution in [1.29, 1.82) is 0 Å². The van der Waals surface area contributed by atoms with Crippen LogP contribution in [0.4, 0.5) is 0 Å². The summed E-state index contributed by atoms with van der Waals surface area (Å²) in [5.41, 5.74) is 7.26. The number of nitrogens with two attached hydrogens (primary N) is 1. The van der Waals surface area contributed by atoms with Gasteiger partial charge in [0.1, 0.15) is 6.04 Å². The molecule has 4 N–H and O–H groups in total. The monoisotopic (exact) mass is 496 g/mol. The number of benzene rings is 1. The van der Waals surface area contributed by atoms with E-state index in [4.69, 9.17) is 5.73 Å². The van der Waals surface area contributed by atoms with Gasteiger partial charge in [-0.1, -0.05) is 77.4 Å². The van der Waals surface area contributed by atoms with E-state index in [9.17, 15) is 14.4 Å². The van der Waals surface area contributed by atoms with Crippen LogP contribution in [-0.2, 0) is 14.4 Å². The van der Waals surface area contributed by atoms with Crippen molar-refractivity contribution in [2.45, 2.75) is 90.9 Å². The molecule has 3 rings (SSSR count). The lowest BCUT2D eigenvalue weighted by atomic mass is 9.86. The summed E-state index contributed by atoms with van der Waals surface area (Å²) < 4.78 is 0. The summed E-state index contributed by atoms with van der Waals surface area (Å²) in [6.07, 6.45) is 4.38. The van der Waals surface area contributed by atoms with Crippen LogP contribution in [0.2, 0.25) is 0 Å². The summed E-state index contributed by atoms with van der Waals surface area (Å²) in [5.74, 6) is -0.207. The Morgan fingerprint density at radius 1 is 1.14 bits per heavy atom. The van der Waals surface area contributed by atoms with E-state index in [1.165, 1.54) is 0 Å². The van der Waals surface area contributed by atoms with Gasteiger partial charge < -0.3 is 21.3 Å². The van der Waals surface area contributed by atoms with Gasteiger partial charge in [0.15, 0.2) is 0 Å². The second kappa shape index (κ2) is 11.6. The number of hydrogen-bond donors (Lipinski definition) is 3. The van der Waals surface area contributed by atoms with Crippen molar-refractivity contribution in [2.24, 2.45) is 23.0 Å². The van der Waals surface area contributed by atoms with Crippen molar-refractivity contribution in [1.82, 2.24) is 15.5 Å². The predicted octanol–water partition coefficient (Wildman–Crippen LogP) is 3.71. The third kappa shape index (κ3) is 6.17. The zero-order chi connectivity index (χ0) is 26.6. The van der Waals surface area contributed by atoms with E-state index < -0.39 is 23.5 Å². The van der Waals surface area contributed by atoms with Crippen LogP contribution in [0.5, 0.6) is 0 Å². The van der Waals surface area contributed by atoms with Gasteiger partial charge in [-0.15, -0.1) is 0 Å². The molecule has 3 amide bonds. The quantitative estimate of drug-likeness (QED) is 0.453. The van der Waals surface area contributed by atoms with Gasteiger partial charge in [0.05, 0.1) is 18.1 Å². The van der Waals surface area contributed by atoms with Crippen LogP contribution in [0.3, 0.4) is 0 Å². The largest absolute Gasteiger partial charge is 0.347 e. The number of fused-ring (bicyclic) bond motifs is 1. The van der Waals surface area contributed by atoms with Crippen molar-refractivity contribution >= 4 is 17.7 Å². The minimum Gasteiger partial charge on any atom is -0.347 e. The summed E-state index contributed by atoms with van der Waals surface area (Å²) in [7, 11) is 0. The van der Waals surface area contributed by atoms with Gasteiger partial charge in [-0.05, 0) is 49.0 Å². The predicted molar refractivity (Wildman–Crippen MR) is 143 cm³/mol. The van der Waals surface area contributed by atoms with E-state index in [0.29, 0.717) is 24.5 Å². The molecule has 2 aliphatic rings. The molecule has 0 bridgehead atoms. The van der Waals surface area contributed by atoms with Gasteiger partial charge in [0, 0.05) is 12.1 Å². The molecule has 7 heteroatoms. The molecule has 36 heavy (non-hydrogen) atoms. The first-order chi connectivity index (χ1) is 17.0. The molecule has 1 aliphatic heterocycles. The van der Waals surface area contributed by atoms with E-state index in [-0.39, 0.29) is 29.7 Å². The number of carbonyl (C=O) groups excluding carboxylic acids is 3. The molecule has 0 spiro atoms. The highest BCUT2D eigenvalue weighted by molar-refractivity contribution is 5.96. The Morgan fingerprint density at radius 3 is 2.42 bits per heavy atom. The Labute approximate surface area is 216 Å². The molecule has 0 aromatic heterocycles. The van der Waals surface area contributed by atoms with Crippen LogP contribution in [0.25, 0.3) is 0 Å². The lowest BCUT2D eigenvalue weighted by Gasteiger charge is -2.34. The SMILES string of the molecule is C=C(C(=O)N[C@@H](C)c1ccccc1)C(CCC)NC(=O)[C@@H]1[C@H]2CCC[C@H]2CN1C(=O)[C@@H](N)C(C)(C)C. The highest BCUT2D eigenvalue weighted by Crippen LogP contribution is 2.43. The normalized spacial score (nSPS) is 23.9. The smallest absolute Gasteiger partial charge is 0.249 e. The summed E-state index contributed by atoms with van der Waals surface area (Å²) in [4.78, 5) is 41.9. The van der Waals surface area contributed by atoms with E-state index >= 15 is 0 Å². The van der Waals surface area contributed by atoms with Crippen molar-refractivity contribution in [3.05, 3.63) is 48.0 Å². The van der Waals surface area contributed by atoms with Gasteiger partial charge in [0.2, 0.25) is 17.7 Å². The molecule has 6 atom stereocenters. The first-order valence-electron chi connectivity index (χ1n) is 13.4. The average molecular weight is 497 g/mol. The van der Waals surface area contributed by atoms with Gasteiger partial charge in [-0.2, -0.15) is 0 Å². The van der Waals surface area contributed by atoms with Gasteiger partial charge in [-0.3, -0.25) is 14.4 Å². The second-order valence-electron chi connectivity index (χ2n) is 11.6. The second-order valence-corrected chi connectivity index (χ2v) is 11.6. The third-order valence-electron chi connectivity index (χ3n) is 7.89. The lowest BCUT2D eigenvalue weighted by Crippen LogP contribution is -2.57. The standard InChI is InChI=1S/C29H44N4O3/c1-7-12-23(18(2)26(34)31-19(3)20-13-9-8-10-14-20)32-27(35)24-22-16-11-15-21(22)17-33(24)28(36)25(30)29(4,5)6/h8-10,13-14,19,21-25H,2,7,11-12,15-17,30H2,1,3-6H3,(H,31,34)(H,32,35)/t19-,21-,22-,23?,24-,25+/m0/s1. The van der Waals surface area contributed by atoms with Gasteiger partial charge in [-0.25, -0.2) is 0 Å². The summed E-state index contributed by atoms with van der Waals surface area (Å²) in [5, 5.41) is 6.10. The summed E-state index contributed by atoms with van der Waals surface area (Å²) >= 11 is 0. The average Bonchev–Trinajstić information content (AvgIpc) is 3.43. The van der Waals surface area contributed by atoms with Crippen molar-refractivity contribution < 1.29 is 14.4 Å². The minimum atomic E-state index is -0.682. The van der Waals surface area contributed by atoms with Crippen molar-refractivity contribution in [3.63, 3.8) is 0 Å². The fourth-order valence-corrected chi connectivity index (χ4v) is 5.57. The Bertz CT molecular complexity index is 955. The fraction of sp³-hybridized carbons (Fsp3) is 0.621.